The summed E-state index contributed by atoms with van der Waals surface area (Å²) in [6, 6.07) is 8.00. The van der Waals surface area contributed by atoms with E-state index >= 15 is 0 Å². The van der Waals surface area contributed by atoms with Crippen molar-refractivity contribution < 1.29 is 5.11 Å². The van der Waals surface area contributed by atoms with Gasteiger partial charge in [0, 0.05) is 5.33 Å². The molecule has 1 N–H and O–H groups in total. The molecular weight excluding hydrogens is 216 g/mol. The molecule has 0 radical (unpaired) electrons. The second-order valence-electron chi connectivity index (χ2n) is 2.72. The fourth-order valence-electron chi connectivity index (χ4n) is 1.26. The highest BCUT2D eigenvalue weighted by Gasteiger charge is 2.08. The number of aryl methyl sites for hydroxylation is 1. The number of hydrogen-bond acceptors (Lipinski definition) is 1. The molecule has 0 aromatic heterocycles. The molecule has 0 fully saturated rings. The monoisotopic (exact) mass is 228 g/mol. The second-order valence-corrected chi connectivity index (χ2v) is 3.37. The summed E-state index contributed by atoms with van der Waals surface area (Å²) in [5.74, 6) is 0. The summed E-state index contributed by atoms with van der Waals surface area (Å²) in [7, 11) is 0. The van der Waals surface area contributed by atoms with Crippen LogP contribution >= 0.6 is 15.9 Å². The van der Waals surface area contributed by atoms with Gasteiger partial charge in [-0.15, -0.1) is 0 Å². The maximum atomic E-state index is 9.59. The number of alkyl halides is 1. The lowest BCUT2D eigenvalue weighted by molar-refractivity contribution is 0.204. The average molecular weight is 229 g/mol. The minimum Gasteiger partial charge on any atom is -0.388 e. The second kappa shape index (κ2) is 4.63. The molecule has 1 aromatic rings. The van der Waals surface area contributed by atoms with Gasteiger partial charge in [0.15, 0.2) is 0 Å². The van der Waals surface area contributed by atoms with Crippen LogP contribution in [-0.2, 0) is 6.42 Å². The third kappa shape index (κ3) is 2.08. The van der Waals surface area contributed by atoms with Crippen molar-refractivity contribution in [3.63, 3.8) is 0 Å². The molecule has 2 heteroatoms. The van der Waals surface area contributed by atoms with Crippen LogP contribution in [0.15, 0.2) is 24.3 Å². The Morgan fingerprint density at radius 3 is 2.67 bits per heavy atom. The maximum absolute atomic E-state index is 9.59. The van der Waals surface area contributed by atoms with Crippen molar-refractivity contribution >= 4 is 15.9 Å². The molecule has 0 saturated heterocycles. The molecule has 0 aliphatic rings. The predicted octanol–water partition coefficient (Wildman–Crippen LogP) is 2.68. The van der Waals surface area contributed by atoms with Crippen LogP contribution in [-0.4, -0.2) is 10.4 Å². The van der Waals surface area contributed by atoms with E-state index in [9.17, 15) is 5.11 Å². The first-order valence-electron chi connectivity index (χ1n) is 4.11. The molecule has 1 unspecified atom stereocenters. The van der Waals surface area contributed by atoms with Crippen molar-refractivity contribution in [1.29, 1.82) is 0 Å². The van der Waals surface area contributed by atoms with Crippen LogP contribution in [0.1, 0.15) is 24.2 Å². The summed E-state index contributed by atoms with van der Waals surface area (Å²) in [5, 5.41) is 10.2. The molecule has 1 rings (SSSR count). The largest absolute Gasteiger partial charge is 0.388 e. The fraction of sp³-hybridized carbons (Fsp3) is 0.400. The normalized spacial score (nSPS) is 12.9. The van der Waals surface area contributed by atoms with Gasteiger partial charge in [-0.25, -0.2) is 0 Å². The van der Waals surface area contributed by atoms with Crippen LogP contribution in [0.25, 0.3) is 0 Å². The Morgan fingerprint density at radius 1 is 1.42 bits per heavy atom. The fourth-order valence-corrected chi connectivity index (χ4v) is 1.61. The van der Waals surface area contributed by atoms with Gasteiger partial charge < -0.3 is 5.11 Å². The zero-order valence-electron chi connectivity index (χ0n) is 7.13. The van der Waals surface area contributed by atoms with E-state index in [4.69, 9.17) is 0 Å². The van der Waals surface area contributed by atoms with Crippen LogP contribution in [0.4, 0.5) is 0 Å². The highest BCUT2D eigenvalue weighted by atomic mass is 79.9. The topological polar surface area (TPSA) is 20.2 Å². The number of hydrogen-bond donors (Lipinski definition) is 1. The lowest BCUT2D eigenvalue weighted by Crippen LogP contribution is -2.01. The Morgan fingerprint density at radius 2 is 2.08 bits per heavy atom. The van der Waals surface area contributed by atoms with Crippen LogP contribution in [0.3, 0.4) is 0 Å². The van der Waals surface area contributed by atoms with Gasteiger partial charge in [-0.1, -0.05) is 47.1 Å². The first kappa shape index (κ1) is 9.75. The standard InChI is InChI=1S/C10H13BrO/c1-2-8-5-3-4-6-9(8)10(12)7-11/h3-6,10,12H,2,7H2,1H3. The SMILES string of the molecule is CCc1ccccc1C(O)CBr. The van der Waals surface area contributed by atoms with Gasteiger partial charge in [-0.2, -0.15) is 0 Å². The predicted molar refractivity (Wildman–Crippen MR) is 54.6 cm³/mol. The van der Waals surface area contributed by atoms with Crippen LogP contribution in [0.2, 0.25) is 0 Å². The maximum Gasteiger partial charge on any atom is 0.0889 e. The molecule has 0 amide bonds. The Balaban J connectivity index is 2.96. The highest BCUT2D eigenvalue weighted by molar-refractivity contribution is 9.09. The zero-order chi connectivity index (χ0) is 8.97. The van der Waals surface area contributed by atoms with E-state index in [1.165, 1.54) is 5.56 Å². The Kier molecular flexibility index (Phi) is 3.76. The molecule has 1 nitrogen and oxygen atoms in total. The van der Waals surface area contributed by atoms with Crippen LogP contribution in [0.5, 0.6) is 0 Å². The van der Waals surface area contributed by atoms with Gasteiger partial charge >= 0.3 is 0 Å². The van der Waals surface area contributed by atoms with E-state index in [-0.39, 0.29) is 6.10 Å². The number of halogens is 1. The van der Waals surface area contributed by atoms with Crippen LogP contribution < -0.4 is 0 Å². The number of aliphatic hydroxyl groups excluding tert-OH is 1. The quantitative estimate of drug-likeness (QED) is 0.790. The minimum absolute atomic E-state index is 0.374. The van der Waals surface area contributed by atoms with Gasteiger partial charge in [0.25, 0.3) is 0 Å². The van der Waals surface area contributed by atoms with Crippen molar-refractivity contribution in [1.82, 2.24) is 0 Å². The summed E-state index contributed by atoms with van der Waals surface area (Å²) in [5.41, 5.74) is 2.27. The van der Waals surface area contributed by atoms with E-state index in [1.807, 2.05) is 18.2 Å². The van der Waals surface area contributed by atoms with Crippen molar-refractivity contribution in [2.24, 2.45) is 0 Å². The third-order valence-electron chi connectivity index (χ3n) is 1.94. The molecule has 0 spiro atoms. The van der Waals surface area contributed by atoms with E-state index in [1.54, 1.807) is 0 Å². The molecule has 1 atom stereocenters. The van der Waals surface area contributed by atoms with Gasteiger partial charge in [0.05, 0.1) is 6.10 Å². The Hall–Kier alpha value is -0.340. The highest BCUT2D eigenvalue weighted by Crippen LogP contribution is 2.19. The van der Waals surface area contributed by atoms with Crippen molar-refractivity contribution in [2.45, 2.75) is 19.4 Å². The van der Waals surface area contributed by atoms with E-state index in [0.29, 0.717) is 5.33 Å². The van der Waals surface area contributed by atoms with Gasteiger partial charge in [0.2, 0.25) is 0 Å². The molecular formula is C10H13BrO. The van der Waals surface area contributed by atoms with Crippen LogP contribution in [0, 0.1) is 0 Å². The summed E-state index contributed by atoms with van der Waals surface area (Å²) >= 11 is 3.26. The Bertz CT molecular complexity index is 247. The number of rotatable bonds is 3. The third-order valence-corrected chi connectivity index (χ3v) is 2.55. The molecule has 0 bridgehead atoms. The Labute approximate surface area is 81.6 Å². The van der Waals surface area contributed by atoms with Crippen molar-refractivity contribution in [2.75, 3.05) is 5.33 Å². The summed E-state index contributed by atoms with van der Waals surface area (Å²) in [4.78, 5) is 0. The van der Waals surface area contributed by atoms with Crippen molar-refractivity contribution in [3.8, 4) is 0 Å². The molecule has 0 aliphatic heterocycles. The smallest absolute Gasteiger partial charge is 0.0889 e. The molecule has 66 valence electrons. The minimum atomic E-state index is -0.374. The van der Waals surface area contributed by atoms with Crippen molar-refractivity contribution in [3.05, 3.63) is 35.4 Å². The molecule has 1 aromatic carbocycles. The summed E-state index contributed by atoms with van der Waals surface area (Å²) < 4.78 is 0. The molecule has 0 saturated carbocycles. The van der Waals surface area contributed by atoms with Gasteiger partial charge in [-0.3, -0.25) is 0 Å². The van der Waals surface area contributed by atoms with Gasteiger partial charge in [0.1, 0.15) is 0 Å². The lowest BCUT2D eigenvalue weighted by Gasteiger charge is -2.11. The first-order chi connectivity index (χ1) is 5.79. The summed E-state index contributed by atoms with van der Waals surface area (Å²) in [6.45, 7) is 2.10. The molecule has 0 heterocycles. The van der Waals surface area contributed by atoms with E-state index in [2.05, 4.69) is 28.9 Å². The number of benzene rings is 1. The first-order valence-corrected chi connectivity index (χ1v) is 5.23. The van der Waals surface area contributed by atoms with E-state index < -0.39 is 0 Å². The summed E-state index contributed by atoms with van der Waals surface area (Å²) in [6.07, 6.45) is 0.599. The molecule has 0 aliphatic carbocycles. The average Bonchev–Trinajstić information content (AvgIpc) is 2.16. The van der Waals surface area contributed by atoms with Gasteiger partial charge in [-0.05, 0) is 17.5 Å². The van der Waals surface area contributed by atoms with E-state index in [0.717, 1.165) is 12.0 Å². The zero-order valence-corrected chi connectivity index (χ0v) is 8.71. The lowest BCUT2D eigenvalue weighted by atomic mass is 10.0. The molecule has 12 heavy (non-hydrogen) atoms. The number of aliphatic hydroxyl groups is 1.